The number of anilines is 2. The molecule has 0 aliphatic carbocycles. The van der Waals surface area contributed by atoms with Crippen molar-refractivity contribution < 1.29 is 0 Å². The van der Waals surface area contributed by atoms with Crippen molar-refractivity contribution in [2.75, 3.05) is 29.6 Å². The lowest BCUT2D eigenvalue weighted by Gasteiger charge is -2.09. The first-order valence-electron chi connectivity index (χ1n) is 5.19. The molecule has 1 aromatic carbocycles. The summed E-state index contributed by atoms with van der Waals surface area (Å²) in [4.78, 5) is 4.37. The van der Waals surface area contributed by atoms with Crippen molar-refractivity contribution >= 4 is 34.0 Å². The summed E-state index contributed by atoms with van der Waals surface area (Å²) in [7, 11) is 0. The highest BCUT2D eigenvalue weighted by molar-refractivity contribution is 7.98. The monoisotopic (exact) mass is 233 g/mol. The van der Waals surface area contributed by atoms with Gasteiger partial charge in [-0.2, -0.15) is 11.8 Å². The van der Waals surface area contributed by atoms with Crippen LogP contribution in [0.4, 0.5) is 11.4 Å². The zero-order valence-electron chi connectivity index (χ0n) is 9.23. The van der Waals surface area contributed by atoms with E-state index >= 15 is 0 Å². The Balaban J connectivity index is 2.35. The summed E-state index contributed by atoms with van der Waals surface area (Å²) in [6, 6.07) is 7.82. The highest BCUT2D eigenvalue weighted by Crippen LogP contribution is 2.25. The number of benzene rings is 1. The van der Waals surface area contributed by atoms with E-state index in [1.165, 1.54) is 0 Å². The molecule has 4 heteroatoms. The van der Waals surface area contributed by atoms with Crippen molar-refractivity contribution in [3.05, 3.63) is 30.5 Å². The summed E-state index contributed by atoms with van der Waals surface area (Å²) >= 11 is 1.82. The number of nitrogens with zero attached hydrogens (tertiary/aromatic N) is 1. The van der Waals surface area contributed by atoms with Gasteiger partial charge in [0, 0.05) is 29.6 Å². The molecule has 16 heavy (non-hydrogen) atoms. The van der Waals surface area contributed by atoms with Crippen molar-refractivity contribution in [2.45, 2.75) is 0 Å². The number of hydrogen-bond donors (Lipinski definition) is 2. The van der Waals surface area contributed by atoms with Crippen LogP contribution in [0.1, 0.15) is 0 Å². The molecule has 0 bridgehead atoms. The van der Waals surface area contributed by atoms with E-state index in [-0.39, 0.29) is 0 Å². The van der Waals surface area contributed by atoms with Gasteiger partial charge in [0.2, 0.25) is 0 Å². The van der Waals surface area contributed by atoms with E-state index in [0.717, 1.165) is 34.6 Å². The summed E-state index contributed by atoms with van der Waals surface area (Å²) in [6.45, 7) is 0.941. The van der Waals surface area contributed by atoms with Crippen LogP contribution in [0.15, 0.2) is 30.5 Å². The molecule has 0 amide bonds. The first-order valence-corrected chi connectivity index (χ1v) is 6.58. The Morgan fingerprint density at radius 1 is 1.38 bits per heavy atom. The zero-order valence-corrected chi connectivity index (χ0v) is 10.1. The molecule has 84 valence electrons. The van der Waals surface area contributed by atoms with E-state index in [9.17, 15) is 0 Å². The van der Waals surface area contributed by atoms with Crippen molar-refractivity contribution in [3.63, 3.8) is 0 Å². The minimum Gasteiger partial charge on any atom is -0.398 e. The van der Waals surface area contributed by atoms with Gasteiger partial charge < -0.3 is 11.1 Å². The summed E-state index contributed by atoms with van der Waals surface area (Å²) in [5.74, 6) is 1.08. The number of aromatic nitrogens is 1. The molecular formula is C12H15N3S. The predicted molar refractivity (Wildman–Crippen MR) is 73.0 cm³/mol. The Labute approximate surface area is 99.4 Å². The van der Waals surface area contributed by atoms with E-state index in [4.69, 9.17) is 5.73 Å². The van der Waals surface area contributed by atoms with Gasteiger partial charge in [-0.1, -0.05) is 0 Å². The molecule has 3 N–H and O–H groups in total. The first-order chi connectivity index (χ1) is 7.83. The van der Waals surface area contributed by atoms with Gasteiger partial charge in [-0.25, -0.2) is 0 Å². The molecule has 0 aliphatic rings. The maximum absolute atomic E-state index is 5.91. The van der Waals surface area contributed by atoms with E-state index < -0.39 is 0 Å². The van der Waals surface area contributed by atoms with Gasteiger partial charge in [-0.05, 0) is 30.5 Å². The number of hydrogen-bond acceptors (Lipinski definition) is 4. The molecule has 0 fully saturated rings. The predicted octanol–water partition coefficient (Wildman–Crippen LogP) is 2.59. The molecule has 0 spiro atoms. The van der Waals surface area contributed by atoms with E-state index in [2.05, 4.69) is 16.6 Å². The average Bonchev–Trinajstić information content (AvgIpc) is 2.33. The third kappa shape index (κ3) is 2.22. The number of nitrogen functional groups attached to an aromatic ring is 1. The normalized spacial score (nSPS) is 10.6. The van der Waals surface area contributed by atoms with Crippen molar-refractivity contribution in [2.24, 2.45) is 0 Å². The van der Waals surface area contributed by atoms with Crippen molar-refractivity contribution in [1.29, 1.82) is 0 Å². The fourth-order valence-corrected chi connectivity index (χ4v) is 1.93. The van der Waals surface area contributed by atoms with Crippen LogP contribution in [0.25, 0.3) is 10.9 Å². The third-order valence-corrected chi connectivity index (χ3v) is 3.04. The summed E-state index contributed by atoms with van der Waals surface area (Å²) in [5.41, 5.74) is 8.69. The van der Waals surface area contributed by atoms with Crippen molar-refractivity contribution in [3.8, 4) is 0 Å². The molecule has 0 saturated carbocycles. The molecule has 1 aromatic heterocycles. The lowest BCUT2D eigenvalue weighted by atomic mass is 10.1. The lowest BCUT2D eigenvalue weighted by Crippen LogP contribution is -2.05. The fourth-order valence-electron chi connectivity index (χ4n) is 1.63. The Morgan fingerprint density at radius 3 is 3.06 bits per heavy atom. The molecular weight excluding hydrogens is 218 g/mol. The molecule has 2 aromatic rings. The van der Waals surface area contributed by atoms with Gasteiger partial charge in [-0.15, -0.1) is 0 Å². The summed E-state index contributed by atoms with van der Waals surface area (Å²) < 4.78 is 0. The SMILES string of the molecule is CSCCNc1ccc(N)c2cccnc12. The highest BCUT2D eigenvalue weighted by atomic mass is 32.2. The van der Waals surface area contributed by atoms with Crippen LogP contribution in [0.3, 0.4) is 0 Å². The minimum absolute atomic E-state index is 0.776. The number of thioether (sulfide) groups is 1. The van der Waals surface area contributed by atoms with Crippen molar-refractivity contribution in [1.82, 2.24) is 4.98 Å². The van der Waals surface area contributed by atoms with Gasteiger partial charge in [0.1, 0.15) is 0 Å². The van der Waals surface area contributed by atoms with Gasteiger partial charge in [0.15, 0.2) is 0 Å². The molecule has 3 nitrogen and oxygen atoms in total. The lowest BCUT2D eigenvalue weighted by molar-refractivity contribution is 1.23. The number of nitrogens with one attached hydrogen (secondary N) is 1. The van der Waals surface area contributed by atoms with Gasteiger partial charge >= 0.3 is 0 Å². The van der Waals surface area contributed by atoms with Gasteiger partial charge in [-0.3, -0.25) is 4.98 Å². The number of pyridine rings is 1. The molecule has 0 atom stereocenters. The fraction of sp³-hybridized carbons (Fsp3) is 0.250. The summed E-state index contributed by atoms with van der Waals surface area (Å²) in [5, 5.41) is 4.39. The average molecular weight is 233 g/mol. The first kappa shape index (κ1) is 11.1. The zero-order chi connectivity index (χ0) is 11.4. The summed E-state index contributed by atoms with van der Waals surface area (Å²) in [6.07, 6.45) is 3.89. The van der Waals surface area contributed by atoms with Crippen LogP contribution in [-0.4, -0.2) is 23.5 Å². The highest BCUT2D eigenvalue weighted by Gasteiger charge is 2.03. The third-order valence-electron chi connectivity index (χ3n) is 2.43. The quantitative estimate of drug-likeness (QED) is 0.629. The Kier molecular flexibility index (Phi) is 3.51. The van der Waals surface area contributed by atoms with Crippen LogP contribution in [0.5, 0.6) is 0 Å². The smallest absolute Gasteiger partial charge is 0.0953 e. The second-order valence-electron chi connectivity index (χ2n) is 3.52. The van der Waals surface area contributed by atoms with Gasteiger partial charge in [0.25, 0.3) is 0 Å². The van der Waals surface area contributed by atoms with Gasteiger partial charge in [0.05, 0.1) is 11.2 Å². The number of nitrogens with two attached hydrogens (primary N) is 1. The molecule has 0 radical (unpaired) electrons. The van der Waals surface area contributed by atoms with Crippen LogP contribution in [0.2, 0.25) is 0 Å². The topological polar surface area (TPSA) is 50.9 Å². The van der Waals surface area contributed by atoms with E-state index in [0.29, 0.717) is 0 Å². The number of fused-ring (bicyclic) bond motifs is 1. The van der Waals surface area contributed by atoms with Crippen LogP contribution >= 0.6 is 11.8 Å². The standard InChI is InChI=1S/C12H15N3S/c1-16-8-7-14-11-5-4-10(13)9-3-2-6-15-12(9)11/h2-6,14H,7-8,13H2,1H3. The second kappa shape index (κ2) is 5.07. The maximum Gasteiger partial charge on any atom is 0.0953 e. The van der Waals surface area contributed by atoms with Crippen LogP contribution in [-0.2, 0) is 0 Å². The number of rotatable bonds is 4. The second-order valence-corrected chi connectivity index (χ2v) is 4.51. The Hall–Kier alpha value is -1.42. The Bertz CT molecular complexity index is 485. The maximum atomic E-state index is 5.91. The van der Waals surface area contributed by atoms with E-state index in [1.807, 2.05) is 36.0 Å². The molecule has 2 rings (SSSR count). The van der Waals surface area contributed by atoms with Crippen LogP contribution < -0.4 is 11.1 Å². The largest absolute Gasteiger partial charge is 0.398 e. The Morgan fingerprint density at radius 2 is 2.25 bits per heavy atom. The minimum atomic E-state index is 0.776. The molecule has 0 unspecified atom stereocenters. The van der Waals surface area contributed by atoms with E-state index in [1.54, 1.807) is 6.20 Å². The molecule has 1 heterocycles. The molecule has 0 saturated heterocycles. The molecule has 0 aliphatic heterocycles. The van der Waals surface area contributed by atoms with Crippen LogP contribution in [0, 0.1) is 0 Å².